The first-order chi connectivity index (χ1) is 13.8. The fourth-order valence-electron chi connectivity index (χ4n) is 2.92. The molecule has 0 saturated carbocycles. The van der Waals surface area contributed by atoms with E-state index >= 15 is 0 Å². The number of azo groups is 1. The molecule has 5 heteroatoms. The number of benzene rings is 2. The summed E-state index contributed by atoms with van der Waals surface area (Å²) < 4.78 is 10.8. The lowest BCUT2D eigenvalue weighted by Gasteiger charge is -2.22. The van der Waals surface area contributed by atoms with Gasteiger partial charge in [-0.05, 0) is 54.3 Å². The van der Waals surface area contributed by atoms with E-state index in [1.165, 1.54) is 0 Å². The number of nitrogens with zero attached hydrogens (tertiary/aromatic N) is 2. The van der Waals surface area contributed by atoms with Gasteiger partial charge in [-0.25, -0.2) is 0 Å². The van der Waals surface area contributed by atoms with Crippen molar-refractivity contribution in [2.45, 2.75) is 65.2 Å². The fourth-order valence-corrected chi connectivity index (χ4v) is 2.92. The molecule has 0 unspecified atom stereocenters. The van der Waals surface area contributed by atoms with Gasteiger partial charge in [0.2, 0.25) is 0 Å². The highest BCUT2D eigenvalue weighted by atomic mass is 16.5. The second kappa shape index (κ2) is 10.7. The quantitative estimate of drug-likeness (QED) is 0.194. The van der Waals surface area contributed by atoms with Crippen LogP contribution in [0.1, 0.15) is 65.4 Å². The summed E-state index contributed by atoms with van der Waals surface area (Å²) in [6.45, 7) is 8.55. The van der Waals surface area contributed by atoms with Gasteiger partial charge in [-0.15, -0.1) is 0 Å². The van der Waals surface area contributed by atoms with Crippen LogP contribution in [0.5, 0.6) is 11.5 Å². The first kappa shape index (κ1) is 22.6. The number of carbonyl (C=O) groups excluding carboxylic acids is 1. The summed E-state index contributed by atoms with van der Waals surface area (Å²) in [4.78, 5) is 11.9. The van der Waals surface area contributed by atoms with Crippen molar-refractivity contribution in [2.24, 2.45) is 10.2 Å². The van der Waals surface area contributed by atoms with E-state index in [0.29, 0.717) is 17.9 Å². The molecule has 0 atom stereocenters. The zero-order valence-corrected chi connectivity index (χ0v) is 18.2. The van der Waals surface area contributed by atoms with E-state index < -0.39 is 0 Å². The summed E-state index contributed by atoms with van der Waals surface area (Å²) in [5.41, 5.74) is 2.48. The van der Waals surface area contributed by atoms with E-state index in [1.54, 1.807) is 31.4 Å². The fraction of sp³-hybridized carbons (Fsp3) is 0.458. The number of hydrogen-bond acceptors (Lipinski definition) is 5. The van der Waals surface area contributed by atoms with Gasteiger partial charge in [0.25, 0.3) is 0 Å². The molecule has 2 aromatic rings. The average molecular weight is 397 g/mol. The Labute approximate surface area is 174 Å². The summed E-state index contributed by atoms with van der Waals surface area (Å²) in [7, 11) is 1.67. The van der Waals surface area contributed by atoms with Crippen molar-refractivity contribution < 1.29 is 14.3 Å². The van der Waals surface area contributed by atoms with E-state index in [-0.39, 0.29) is 11.4 Å². The van der Waals surface area contributed by atoms with Crippen LogP contribution in [-0.4, -0.2) is 13.1 Å². The van der Waals surface area contributed by atoms with Crippen molar-refractivity contribution in [3.63, 3.8) is 0 Å². The van der Waals surface area contributed by atoms with Crippen molar-refractivity contribution in [2.75, 3.05) is 7.11 Å². The third kappa shape index (κ3) is 7.33. The molecular formula is C24H32N2O3. The Morgan fingerprint density at radius 3 is 2.21 bits per heavy atom. The molecule has 29 heavy (non-hydrogen) atoms. The lowest BCUT2D eigenvalue weighted by molar-refractivity contribution is -0.134. The highest BCUT2D eigenvalue weighted by molar-refractivity contribution is 5.72. The van der Waals surface area contributed by atoms with Crippen LogP contribution in [0.15, 0.2) is 52.7 Å². The van der Waals surface area contributed by atoms with Crippen LogP contribution in [-0.2, 0) is 10.2 Å². The monoisotopic (exact) mass is 396 g/mol. The molecule has 0 aliphatic heterocycles. The molecule has 156 valence electrons. The number of esters is 1. The van der Waals surface area contributed by atoms with Crippen LogP contribution in [0.3, 0.4) is 0 Å². The number of hydrogen-bond donors (Lipinski definition) is 0. The summed E-state index contributed by atoms with van der Waals surface area (Å²) in [5, 5.41) is 8.63. The Hall–Kier alpha value is -2.69. The normalized spacial score (nSPS) is 11.6. The molecule has 5 nitrogen and oxygen atoms in total. The molecule has 0 bridgehead atoms. The van der Waals surface area contributed by atoms with E-state index in [0.717, 1.165) is 42.7 Å². The smallest absolute Gasteiger partial charge is 0.311 e. The third-order valence-electron chi connectivity index (χ3n) is 4.57. The van der Waals surface area contributed by atoms with Crippen molar-refractivity contribution in [3.8, 4) is 11.5 Å². The molecule has 0 heterocycles. The molecular weight excluding hydrogens is 364 g/mol. The van der Waals surface area contributed by atoms with E-state index in [1.807, 2.05) is 18.2 Å². The first-order valence-electron chi connectivity index (χ1n) is 10.2. The maximum absolute atomic E-state index is 11.9. The van der Waals surface area contributed by atoms with Crippen molar-refractivity contribution >= 4 is 17.3 Å². The van der Waals surface area contributed by atoms with Crippen molar-refractivity contribution in [1.82, 2.24) is 0 Å². The average Bonchev–Trinajstić information content (AvgIpc) is 2.70. The summed E-state index contributed by atoms with van der Waals surface area (Å²) >= 11 is 0. The van der Waals surface area contributed by atoms with Gasteiger partial charge in [0, 0.05) is 12.0 Å². The molecule has 0 fully saturated rings. The van der Waals surface area contributed by atoms with Crippen LogP contribution >= 0.6 is 0 Å². The Balaban J connectivity index is 1.99. The zero-order valence-electron chi connectivity index (χ0n) is 18.2. The molecule has 0 N–H and O–H groups in total. The largest absolute Gasteiger partial charge is 0.496 e. The Bertz CT molecular complexity index is 821. The second-order valence-corrected chi connectivity index (χ2v) is 8.11. The number of carbonyl (C=O) groups is 1. The predicted molar refractivity (Wildman–Crippen MR) is 117 cm³/mol. The van der Waals surface area contributed by atoms with Crippen LogP contribution in [0.2, 0.25) is 0 Å². The van der Waals surface area contributed by atoms with E-state index in [2.05, 4.69) is 37.9 Å². The van der Waals surface area contributed by atoms with Gasteiger partial charge in [-0.2, -0.15) is 10.2 Å². The zero-order chi connectivity index (χ0) is 21.3. The first-order valence-corrected chi connectivity index (χ1v) is 10.2. The van der Waals surface area contributed by atoms with Gasteiger partial charge in [0.15, 0.2) is 0 Å². The van der Waals surface area contributed by atoms with Crippen LogP contribution in [0.25, 0.3) is 0 Å². The van der Waals surface area contributed by atoms with Crippen LogP contribution in [0, 0.1) is 0 Å². The molecule has 0 saturated heterocycles. The van der Waals surface area contributed by atoms with Gasteiger partial charge < -0.3 is 9.47 Å². The molecule has 0 aliphatic rings. The molecule has 0 aliphatic carbocycles. The highest BCUT2D eigenvalue weighted by Crippen LogP contribution is 2.34. The Morgan fingerprint density at radius 2 is 1.59 bits per heavy atom. The lowest BCUT2D eigenvalue weighted by Crippen LogP contribution is -2.12. The SMILES string of the molecule is CCCCCCC(=O)Oc1ccc(N=Nc2ccc(OC)c(C(C)(C)C)c2)cc1. The standard InChI is InChI=1S/C24H32N2O3/c1-6-7-8-9-10-23(27)29-20-14-11-18(12-15-20)25-26-19-13-16-22(28-5)21(17-19)24(2,3)4/h11-17H,6-10H2,1-5H3. The van der Waals surface area contributed by atoms with Gasteiger partial charge in [-0.1, -0.05) is 47.0 Å². The molecule has 0 aromatic heterocycles. The van der Waals surface area contributed by atoms with Crippen LogP contribution in [0.4, 0.5) is 11.4 Å². The maximum Gasteiger partial charge on any atom is 0.311 e. The highest BCUT2D eigenvalue weighted by Gasteiger charge is 2.19. The topological polar surface area (TPSA) is 60.2 Å². The molecule has 2 aromatic carbocycles. The van der Waals surface area contributed by atoms with E-state index in [4.69, 9.17) is 9.47 Å². The molecule has 0 amide bonds. The number of ether oxygens (including phenoxy) is 2. The van der Waals surface area contributed by atoms with Crippen molar-refractivity contribution in [1.29, 1.82) is 0 Å². The number of methoxy groups -OCH3 is 1. The minimum atomic E-state index is -0.191. The van der Waals surface area contributed by atoms with Crippen LogP contribution < -0.4 is 9.47 Å². The summed E-state index contributed by atoms with van der Waals surface area (Å²) in [5.74, 6) is 1.18. The second-order valence-electron chi connectivity index (χ2n) is 8.11. The van der Waals surface area contributed by atoms with Gasteiger partial charge in [0.05, 0.1) is 18.5 Å². The van der Waals surface area contributed by atoms with E-state index in [9.17, 15) is 4.79 Å². The minimum Gasteiger partial charge on any atom is -0.496 e. The molecule has 2 rings (SSSR count). The minimum absolute atomic E-state index is 0.0566. The third-order valence-corrected chi connectivity index (χ3v) is 4.57. The van der Waals surface area contributed by atoms with Crippen molar-refractivity contribution in [3.05, 3.63) is 48.0 Å². The summed E-state index contributed by atoms with van der Waals surface area (Å²) in [6, 6.07) is 12.9. The predicted octanol–water partition coefficient (Wildman–Crippen LogP) is 7.28. The lowest BCUT2D eigenvalue weighted by atomic mass is 9.86. The Morgan fingerprint density at radius 1 is 0.931 bits per heavy atom. The molecule has 0 spiro atoms. The number of rotatable bonds is 9. The maximum atomic E-state index is 11.9. The van der Waals surface area contributed by atoms with Gasteiger partial charge in [0.1, 0.15) is 11.5 Å². The Kier molecular flexibility index (Phi) is 8.37. The van der Waals surface area contributed by atoms with Gasteiger partial charge >= 0.3 is 5.97 Å². The molecule has 0 radical (unpaired) electrons. The summed E-state index contributed by atoms with van der Waals surface area (Å²) in [6.07, 6.45) is 4.69. The number of unbranched alkanes of at least 4 members (excludes halogenated alkanes) is 3. The van der Waals surface area contributed by atoms with Gasteiger partial charge in [-0.3, -0.25) is 4.79 Å².